The first-order valence-corrected chi connectivity index (χ1v) is 12.7. The number of Topliss-reactive ketones (excluding diaryl/α,β-unsaturated/α-hetero) is 1. The van der Waals surface area contributed by atoms with Crippen LogP contribution in [0.3, 0.4) is 0 Å². The number of hydrogen-bond donors (Lipinski definition) is 1. The fourth-order valence-corrected chi connectivity index (χ4v) is 5.17. The van der Waals surface area contributed by atoms with Gasteiger partial charge in [-0.05, 0) is 48.0 Å². The summed E-state index contributed by atoms with van der Waals surface area (Å²) in [6.07, 6.45) is 0. The topological polar surface area (TPSA) is 104 Å². The highest BCUT2D eigenvalue weighted by molar-refractivity contribution is 6.34. The van der Waals surface area contributed by atoms with Gasteiger partial charge in [0.25, 0.3) is 17.7 Å². The zero-order valence-electron chi connectivity index (χ0n) is 21.4. The Hall–Kier alpha value is -5.37. The molecule has 0 bridgehead atoms. The van der Waals surface area contributed by atoms with Gasteiger partial charge in [0.1, 0.15) is 6.04 Å². The molecule has 0 aliphatic carbocycles. The number of rotatable bonds is 6. The van der Waals surface area contributed by atoms with Crippen LogP contribution >= 0.6 is 0 Å². The van der Waals surface area contributed by atoms with Gasteiger partial charge in [0, 0.05) is 23.7 Å². The van der Waals surface area contributed by atoms with E-state index in [0.29, 0.717) is 16.9 Å². The largest absolute Gasteiger partial charge is 0.326 e. The van der Waals surface area contributed by atoms with E-state index >= 15 is 0 Å². The lowest BCUT2D eigenvalue weighted by Crippen LogP contribution is -2.29. The third-order valence-corrected chi connectivity index (χ3v) is 7.09. The number of carbonyl (C=O) groups is 5. The highest BCUT2D eigenvalue weighted by Gasteiger charge is 2.56. The maximum Gasteiger partial charge on any atom is 0.266 e. The number of benzene rings is 4. The summed E-state index contributed by atoms with van der Waals surface area (Å²) >= 11 is 0. The van der Waals surface area contributed by atoms with Crippen LogP contribution in [0.1, 0.15) is 60.0 Å². The molecule has 1 saturated heterocycles. The van der Waals surface area contributed by atoms with E-state index < -0.39 is 29.8 Å². The number of anilines is 2. The van der Waals surface area contributed by atoms with Crippen molar-refractivity contribution in [3.05, 3.63) is 131 Å². The van der Waals surface area contributed by atoms with Crippen LogP contribution in [0.4, 0.5) is 11.4 Å². The molecule has 4 aromatic carbocycles. The lowest BCUT2D eigenvalue weighted by atomic mass is 10.0. The van der Waals surface area contributed by atoms with Crippen LogP contribution < -0.4 is 10.2 Å². The smallest absolute Gasteiger partial charge is 0.266 e. The maximum absolute atomic E-state index is 13.7. The van der Waals surface area contributed by atoms with Crippen molar-refractivity contribution in [1.82, 2.24) is 4.90 Å². The van der Waals surface area contributed by atoms with Crippen LogP contribution in [-0.4, -0.2) is 40.4 Å². The van der Waals surface area contributed by atoms with Crippen molar-refractivity contribution in [2.45, 2.75) is 19.0 Å². The van der Waals surface area contributed by atoms with Crippen LogP contribution in [0.15, 0.2) is 103 Å². The average Bonchev–Trinajstić information content (AvgIpc) is 3.67. The molecule has 1 N–H and O–H groups in total. The van der Waals surface area contributed by atoms with E-state index in [1.807, 2.05) is 36.4 Å². The molecule has 0 aromatic heterocycles. The number of carbonyl (C=O) groups excluding carboxylic acids is 5. The summed E-state index contributed by atoms with van der Waals surface area (Å²) in [5, 5.41) is 2.64. The Balaban J connectivity index is 1.29. The predicted octanol–water partition coefficient (Wildman–Crippen LogP) is 4.89. The van der Waals surface area contributed by atoms with Gasteiger partial charge in [-0.15, -0.1) is 0 Å². The van der Waals surface area contributed by atoms with Crippen molar-refractivity contribution in [1.29, 1.82) is 0 Å². The second-order valence-electron chi connectivity index (χ2n) is 9.68. The molecule has 0 unspecified atom stereocenters. The highest BCUT2D eigenvalue weighted by atomic mass is 16.2. The molecule has 0 radical (unpaired) electrons. The molecule has 4 aromatic rings. The molecule has 6 rings (SSSR count). The molecule has 8 heteroatoms. The number of fused-ring (bicyclic) bond motifs is 1. The van der Waals surface area contributed by atoms with Crippen molar-refractivity contribution < 1.29 is 24.0 Å². The highest BCUT2D eigenvalue weighted by Crippen LogP contribution is 2.46. The quantitative estimate of drug-likeness (QED) is 0.218. The van der Waals surface area contributed by atoms with Crippen molar-refractivity contribution >= 4 is 40.8 Å². The summed E-state index contributed by atoms with van der Waals surface area (Å²) in [7, 11) is 0. The lowest BCUT2D eigenvalue weighted by Gasteiger charge is -2.14. The van der Waals surface area contributed by atoms with Crippen molar-refractivity contribution in [2.24, 2.45) is 0 Å². The lowest BCUT2D eigenvalue weighted by molar-refractivity contribution is -0.114. The van der Waals surface area contributed by atoms with Gasteiger partial charge in [0.15, 0.2) is 5.78 Å². The SMILES string of the molecule is CC(=O)Nc1ccc(N2C(=O)c3ccc(C(=O)N4[C@H](C(=O)c5ccccc5)[C@@H]4c4ccccc4)cc3C2=O)cc1. The van der Waals surface area contributed by atoms with Gasteiger partial charge in [0.05, 0.1) is 22.9 Å². The molecular formula is C32H23N3O5. The first-order chi connectivity index (χ1) is 19.3. The predicted molar refractivity (Wildman–Crippen MR) is 148 cm³/mol. The van der Waals surface area contributed by atoms with Crippen LogP contribution in [-0.2, 0) is 4.79 Å². The molecule has 2 aliphatic rings. The summed E-state index contributed by atoms with van der Waals surface area (Å²) in [5.74, 6) is -1.85. The number of nitrogens with zero attached hydrogens (tertiary/aromatic N) is 2. The van der Waals surface area contributed by atoms with Gasteiger partial charge in [-0.25, -0.2) is 4.90 Å². The summed E-state index contributed by atoms with van der Waals surface area (Å²) in [4.78, 5) is 67.4. The number of hydrogen-bond acceptors (Lipinski definition) is 5. The summed E-state index contributed by atoms with van der Waals surface area (Å²) in [6.45, 7) is 1.39. The van der Waals surface area contributed by atoms with Crippen molar-refractivity contribution in [3.63, 3.8) is 0 Å². The van der Waals surface area contributed by atoms with E-state index in [1.54, 1.807) is 48.5 Å². The molecule has 4 amide bonds. The Labute approximate surface area is 229 Å². The second-order valence-corrected chi connectivity index (χ2v) is 9.68. The van der Waals surface area contributed by atoms with Gasteiger partial charge < -0.3 is 10.2 Å². The summed E-state index contributed by atoms with van der Waals surface area (Å²) < 4.78 is 0. The monoisotopic (exact) mass is 529 g/mol. The normalized spacial score (nSPS) is 17.4. The average molecular weight is 530 g/mol. The fraction of sp³-hybridized carbons (Fsp3) is 0.0938. The fourth-order valence-electron chi connectivity index (χ4n) is 5.17. The molecule has 2 aliphatic heterocycles. The van der Waals surface area contributed by atoms with Crippen LogP contribution in [0.5, 0.6) is 0 Å². The number of ketones is 1. The Morgan fingerprint density at radius 2 is 1.32 bits per heavy atom. The zero-order valence-corrected chi connectivity index (χ0v) is 21.4. The van der Waals surface area contributed by atoms with E-state index in [1.165, 1.54) is 30.0 Å². The Morgan fingerprint density at radius 1 is 0.700 bits per heavy atom. The van der Waals surface area contributed by atoms with Gasteiger partial charge in [-0.2, -0.15) is 0 Å². The molecule has 196 valence electrons. The minimum atomic E-state index is -0.679. The molecule has 1 fully saturated rings. The third kappa shape index (κ3) is 4.25. The van der Waals surface area contributed by atoms with Gasteiger partial charge in [-0.1, -0.05) is 60.7 Å². The Kier molecular flexibility index (Phi) is 6.07. The van der Waals surface area contributed by atoms with E-state index in [-0.39, 0.29) is 28.4 Å². The van der Waals surface area contributed by atoms with E-state index in [9.17, 15) is 24.0 Å². The van der Waals surface area contributed by atoms with Crippen LogP contribution in [0.25, 0.3) is 0 Å². The first kappa shape index (κ1) is 24.9. The third-order valence-electron chi connectivity index (χ3n) is 7.09. The first-order valence-electron chi connectivity index (χ1n) is 12.7. The molecule has 0 saturated carbocycles. The maximum atomic E-state index is 13.7. The van der Waals surface area contributed by atoms with Crippen molar-refractivity contribution in [3.8, 4) is 0 Å². The number of imide groups is 1. The Bertz CT molecular complexity index is 1680. The van der Waals surface area contributed by atoms with Crippen LogP contribution in [0.2, 0.25) is 0 Å². The van der Waals surface area contributed by atoms with Crippen LogP contribution in [0, 0.1) is 0 Å². The molecular weight excluding hydrogens is 506 g/mol. The molecule has 8 nitrogen and oxygen atoms in total. The van der Waals surface area contributed by atoms with E-state index in [2.05, 4.69) is 5.32 Å². The van der Waals surface area contributed by atoms with Gasteiger partial charge in [-0.3, -0.25) is 24.0 Å². The van der Waals surface area contributed by atoms with Crippen molar-refractivity contribution in [2.75, 3.05) is 10.2 Å². The number of amides is 4. The zero-order chi connectivity index (χ0) is 28.0. The van der Waals surface area contributed by atoms with E-state index in [4.69, 9.17) is 0 Å². The summed E-state index contributed by atoms with van der Waals surface area (Å²) in [5.41, 5.74) is 2.75. The molecule has 40 heavy (non-hydrogen) atoms. The minimum absolute atomic E-state index is 0.117. The number of nitrogens with one attached hydrogen (secondary N) is 1. The molecule has 2 atom stereocenters. The Morgan fingerprint density at radius 3 is 1.98 bits per heavy atom. The molecule has 0 spiro atoms. The second kappa shape index (κ2) is 9.74. The minimum Gasteiger partial charge on any atom is -0.326 e. The standard InChI is InChI=1S/C32H23N3O5/c1-19(36)33-23-13-15-24(16-14-23)34-31(39)25-17-12-22(18-26(25)32(34)40)30(38)35-27(20-8-4-2-5-9-20)28(35)29(37)21-10-6-3-7-11-21/h2-18,27-28H,1H3,(H,33,36)/t27-,28-,35?/m0/s1. The molecule has 2 heterocycles. The summed E-state index contributed by atoms with van der Waals surface area (Å²) in [6, 6.07) is 27.8. The van der Waals surface area contributed by atoms with E-state index in [0.717, 1.165) is 10.5 Å². The van der Waals surface area contributed by atoms with Gasteiger partial charge >= 0.3 is 0 Å². The van der Waals surface area contributed by atoms with Gasteiger partial charge in [0.2, 0.25) is 5.91 Å².